The maximum absolute atomic E-state index is 13.1. The van der Waals surface area contributed by atoms with Crippen LogP contribution >= 0.6 is 23.2 Å². The number of benzene rings is 3. The fourth-order valence-corrected chi connectivity index (χ4v) is 5.13. The smallest absolute Gasteiger partial charge is 0.242 e. The van der Waals surface area contributed by atoms with Gasteiger partial charge in [-0.15, -0.1) is 0 Å². The molecule has 0 saturated heterocycles. The van der Waals surface area contributed by atoms with Gasteiger partial charge in [0.15, 0.2) is 11.5 Å². The van der Waals surface area contributed by atoms with E-state index in [1.54, 1.807) is 18.2 Å². The van der Waals surface area contributed by atoms with Crippen molar-refractivity contribution in [3.05, 3.63) is 82.3 Å². The van der Waals surface area contributed by atoms with E-state index in [1.807, 2.05) is 30.3 Å². The maximum Gasteiger partial charge on any atom is 0.242 e. The lowest BCUT2D eigenvalue weighted by Gasteiger charge is -2.19. The summed E-state index contributed by atoms with van der Waals surface area (Å²) in [6.07, 6.45) is 0.120. The van der Waals surface area contributed by atoms with Crippen LogP contribution < -0.4 is 19.5 Å². The number of halogens is 2. The number of carbonyl (C=O) groups is 1. The molecule has 1 aliphatic rings. The molecule has 4 rings (SSSR count). The monoisotopic (exact) mass is 492 g/mol. The lowest BCUT2D eigenvalue weighted by atomic mass is 10.1. The Hall–Kier alpha value is -2.78. The van der Waals surface area contributed by atoms with Gasteiger partial charge in [0, 0.05) is 16.8 Å². The van der Waals surface area contributed by atoms with Gasteiger partial charge < -0.3 is 14.8 Å². The molecule has 0 bridgehead atoms. The predicted molar refractivity (Wildman–Crippen MR) is 122 cm³/mol. The molecule has 0 fully saturated rings. The number of anilines is 1. The van der Waals surface area contributed by atoms with Crippen molar-refractivity contribution in [3.8, 4) is 11.5 Å². The molecule has 0 radical (unpaired) electrons. The minimum absolute atomic E-state index is 0.00320. The normalized spacial score (nSPS) is 13.6. The number of hydrogen-bond acceptors (Lipinski definition) is 5. The van der Waals surface area contributed by atoms with Gasteiger partial charge in [0.05, 0.1) is 5.02 Å². The van der Waals surface area contributed by atoms with Crippen LogP contribution in [-0.4, -0.2) is 27.2 Å². The van der Waals surface area contributed by atoms with E-state index in [4.69, 9.17) is 32.7 Å². The Bertz CT molecular complexity index is 1250. The van der Waals surface area contributed by atoms with Gasteiger partial charge in [-0.2, -0.15) is 4.72 Å². The molecule has 0 unspecified atom stereocenters. The van der Waals surface area contributed by atoms with E-state index in [0.29, 0.717) is 17.2 Å². The van der Waals surface area contributed by atoms with Crippen LogP contribution in [0.2, 0.25) is 10.0 Å². The summed E-state index contributed by atoms with van der Waals surface area (Å²) in [5.41, 5.74) is 1.22. The summed E-state index contributed by atoms with van der Waals surface area (Å²) < 4.78 is 39.1. The van der Waals surface area contributed by atoms with Crippen LogP contribution in [0.4, 0.5) is 5.69 Å². The highest BCUT2D eigenvalue weighted by atomic mass is 35.5. The standard InChI is InChI=1S/C22H18Cl2N2O5S/c23-15-6-8-17(24)21(11-15)32(28,29)26-18(10-14-4-2-1-3-5-14)22(27)25-16-7-9-19-20(12-16)31-13-30-19/h1-9,11-12,18,26H,10,13H2,(H,25,27)/t18-/m0/s1. The molecule has 0 aromatic heterocycles. The van der Waals surface area contributed by atoms with E-state index in [-0.39, 0.29) is 28.2 Å². The molecule has 1 amide bonds. The molecule has 0 spiro atoms. The summed E-state index contributed by atoms with van der Waals surface area (Å²) in [6.45, 7) is 0.101. The van der Waals surface area contributed by atoms with Crippen molar-refractivity contribution in [1.82, 2.24) is 4.72 Å². The number of nitrogens with one attached hydrogen (secondary N) is 2. The van der Waals surface area contributed by atoms with Crippen LogP contribution in [0.3, 0.4) is 0 Å². The van der Waals surface area contributed by atoms with Crippen molar-refractivity contribution in [2.75, 3.05) is 12.1 Å². The molecule has 0 saturated carbocycles. The van der Waals surface area contributed by atoms with Crippen molar-refractivity contribution in [3.63, 3.8) is 0 Å². The van der Waals surface area contributed by atoms with Gasteiger partial charge in [-0.3, -0.25) is 4.79 Å². The van der Waals surface area contributed by atoms with E-state index >= 15 is 0 Å². The minimum atomic E-state index is -4.15. The highest BCUT2D eigenvalue weighted by Gasteiger charge is 2.28. The summed E-state index contributed by atoms with van der Waals surface area (Å²) in [7, 11) is -4.15. The van der Waals surface area contributed by atoms with Crippen LogP contribution in [0.25, 0.3) is 0 Å². The number of sulfonamides is 1. The Balaban J connectivity index is 1.61. The molecule has 1 aliphatic heterocycles. The van der Waals surface area contributed by atoms with Crippen LogP contribution in [0, 0.1) is 0 Å². The third-order valence-electron chi connectivity index (χ3n) is 4.72. The third kappa shape index (κ3) is 5.16. The van der Waals surface area contributed by atoms with Gasteiger partial charge in [-0.1, -0.05) is 53.5 Å². The molecular formula is C22H18Cl2N2O5S. The fourth-order valence-electron chi connectivity index (χ4n) is 3.18. The van der Waals surface area contributed by atoms with Crippen molar-refractivity contribution in [2.24, 2.45) is 0 Å². The summed E-state index contributed by atoms with van der Waals surface area (Å²) in [5, 5.41) is 2.94. The zero-order valence-corrected chi connectivity index (χ0v) is 18.9. The Morgan fingerprint density at radius 2 is 1.72 bits per heavy atom. The first-order chi connectivity index (χ1) is 15.3. The largest absolute Gasteiger partial charge is 0.454 e. The predicted octanol–water partition coefficient (Wildman–Crippen LogP) is 4.25. The average Bonchev–Trinajstić information content (AvgIpc) is 3.23. The number of rotatable bonds is 7. The Kier molecular flexibility index (Phi) is 6.57. The van der Waals surface area contributed by atoms with E-state index in [0.717, 1.165) is 5.56 Å². The lowest BCUT2D eigenvalue weighted by Crippen LogP contribution is -2.45. The molecular weight excluding hydrogens is 475 g/mol. The molecule has 32 heavy (non-hydrogen) atoms. The highest BCUT2D eigenvalue weighted by molar-refractivity contribution is 7.89. The first kappa shape index (κ1) is 22.4. The van der Waals surface area contributed by atoms with E-state index in [1.165, 1.54) is 18.2 Å². The van der Waals surface area contributed by atoms with Crippen LogP contribution in [0.5, 0.6) is 11.5 Å². The van der Waals surface area contributed by atoms with Gasteiger partial charge >= 0.3 is 0 Å². The second-order valence-electron chi connectivity index (χ2n) is 7.00. The van der Waals surface area contributed by atoms with Gasteiger partial charge in [0.1, 0.15) is 10.9 Å². The summed E-state index contributed by atoms with van der Waals surface area (Å²) in [4.78, 5) is 12.9. The quantitative estimate of drug-likeness (QED) is 0.514. The van der Waals surface area contributed by atoms with Gasteiger partial charge in [0.25, 0.3) is 0 Å². The number of fused-ring (bicyclic) bond motifs is 1. The van der Waals surface area contributed by atoms with Crippen LogP contribution in [-0.2, 0) is 21.2 Å². The van der Waals surface area contributed by atoms with E-state index in [2.05, 4.69) is 10.0 Å². The van der Waals surface area contributed by atoms with Gasteiger partial charge in [-0.25, -0.2) is 8.42 Å². The molecule has 3 aromatic rings. The van der Waals surface area contributed by atoms with Crippen LogP contribution in [0.15, 0.2) is 71.6 Å². The molecule has 10 heteroatoms. The Labute approximate surface area is 195 Å². The second-order valence-corrected chi connectivity index (χ2v) is 9.52. The van der Waals surface area contributed by atoms with Crippen molar-refractivity contribution < 1.29 is 22.7 Å². The summed E-state index contributed by atoms with van der Waals surface area (Å²) in [6, 6.07) is 17.0. The molecule has 166 valence electrons. The fraction of sp³-hybridized carbons (Fsp3) is 0.136. The maximum atomic E-state index is 13.1. The SMILES string of the molecule is O=C(Nc1ccc2c(c1)OCO2)[C@H](Cc1ccccc1)NS(=O)(=O)c1cc(Cl)ccc1Cl. The topological polar surface area (TPSA) is 93.7 Å². The molecule has 1 atom stereocenters. The minimum Gasteiger partial charge on any atom is -0.454 e. The molecule has 1 heterocycles. The Morgan fingerprint density at radius 1 is 0.969 bits per heavy atom. The highest BCUT2D eigenvalue weighted by Crippen LogP contribution is 2.34. The number of carbonyl (C=O) groups excluding carboxylic acids is 1. The lowest BCUT2D eigenvalue weighted by molar-refractivity contribution is -0.117. The zero-order chi connectivity index (χ0) is 22.7. The third-order valence-corrected chi connectivity index (χ3v) is 6.91. The van der Waals surface area contributed by atoms with Gasteiger partial charge in [-0.05, 0) is 42.3 Å². The van der Waals surface area contributed by atoms with E-state index in [9.17, 15) is 13.2 Å². The summed E-state index contributed by atoms with van der Waals surface area (Å²) >= 11 is 12.0. The Morgan fingerprint density at radius 3 is 2.50 bits per heavy atom. The van der Waals surface area contributed by atoms with Gasteiger partial charge in [0.2, 0.25) is 22.7 Å². The van der Waals surface area contributed by atoms with Crippen molar-refractivity contribution in [1.29, 1.82) is 0 Å². The second kappa shape index (κ2) is 9.38. The number of hydrogen-bond donors (Lipinski definition) is 2. The zero-order valence-electron chi connectivity index (χ0n) is 16.5. The molecule has 2 N–H and O–H groups in total. The molecule has 0 aliphatic carbocycles. The van der Waals surface area contributed by atoms with E-state index < -0.39 is 22.0 Å². The van der Waals surface area contributed by atoms with Crippen molar-refractivity contribution >= 4 is 44.8 Å². The van der Waals surface area contributed by atoms with Crippen LogP contribution in [0.1, 0.15) is 5.56 Å². The number of amides is 1. The first-order valence-corrected chi connectivity index (χ1v) is 11.8. The first-order valence-electron chi connectivity index (χ1n) is 9.54. The average molecular weight is 493 g/mol. The molecule has 3 aromatic carbocycles. The van der Waals surface area contributed by atoms with Crippen molar-refractivity contribution in [2.45, 2.75) is 17.4 Å². The number of ether oxygens (including phenoxy) is 2. The molecule has 7 nitrogen and oxygen atoms in total. The summed E-state index contributed by atoms with van der Waals surface area (Å²) in [5.74, 6) is 0.517.